The zero-order valence-corrected chi connectivity index (χ0v) is 14.4. The third kappa shape index (κ3) is 5.08. The van der Waals surface area contributed by atoms with Crippen molar-refractivity contribution in [3.05, 3.63) is 60.2 Å². The highest BCUT2D eigenvalue weighted by Gasteiger charge is 2.13. The van der Waals surface area contributed by atoms with Gasteiger partial charge >= 0.3 is 6.03 Å². The van der Waals surface area contributed by atoms with E-state index >= 15 is 0 Å². The van der Waals surface area contributed by atoms with Crippen molar-refractivity contribution in [3.63, 3.8) is 0 Å². The van der Waals surface area contributed by atoms with Crippen LogP contribution < -0.4 is 10.1 Å². The van der Waals surface area contributed by atoms with Gasteiger partial charge in [-0.2, -0.15) is 4.99 Å². The summed E-state index contributed by atoms with van der Waals surface area (Å²) in [7, 11) is 1.98. The van der Waals surface area contributed by atoms with E-state index in [1.807, 2.05) is 66.5 Å². The van der Waals surface area contributed by atoms with Gasteiger partial charge in [0.1, 0.15) is 18.2 Å². The molecule has 2 amide bonds. The van der Waals surface area contributed by atoms with Gasteiger partial charge in [-0.25, -0.2) is 4.79 Å². The summed E-state index contributed by atoms with van der Waals surface area (Å²) in [5.74, 6) is 1.62. The van der Waals surface area contributed by atoms with Crippen molar-refractivity contribution in [2.75, 3.05) is 18.9 Å². The summed E-state index contributed by atoms with van der Waals surface area (Å²) in [6, 6.07) is 17.0. The molecule has 1 aliphatic rings. The van der Waals surface area contributed by atoms with Crippen LogP contribution in [0.25, 0.3) is 0 Å². The number of anilines is 1. The lowest BCUT2D eigenvalue weighted by Crippen LogP contribution is -2.32. The molecule has 130 valence electrons. The van der Waals surface area contributed by atoms with Gasteiger partial charge < -0.3 is 15.0 Å². The molecule has 2 aromatic rings. The third-order valence-electron chi connectivity index (χ3n) is 4.17. The minimum atomic E-state index is -0.332. The molecule has 25 heavy (non-hydrogen) atoms. The van der Waals surface area contributed by atoms with Gasteiger partial charge in [-0.05, 0) is 42.7 Å². The number of aliphatic imine (C=N–C) groups is 1. The number of likely N-dealkylation sites (tertiary alicyclic amines) is 1. The molecule has 1 saturated heterocycles. The summed E-state index contributed by atoms with van der Waals surface area (Å²) in [4.78, 5) is 18.3. The molecule has 0 aromatic heterocycles. The molecular weight excluding hydrogens is 314 g/mol. The first-order valence-corrected chi connectivity index (χ1v) is 8.57. The Hall–Kier alpha value is -2.82. The van der Waals surface area contributed by atoms with Crippen molar-refractivity contribution in [1.29, 1.82) is 0 Å². The first-order chi connectivity index (χ1) is 12.2. The second-order valence-corrected chi connectivity index (χ2v) is 6.14. The zero-order chi connectivity index (χ0) is 17.5. The number of piperidine rings is 1. The van der Waals surface area contributed by atoms with Crippen LogP contribution in [0.2, 0.25) is 0 Å². The lowest BCUT2D eigenvalue weighted by molar-refractivity contribution is 0.259. The number of nitrogens with one attached hydrogen (secondary N) is 1. The fourth-order valence-corrected chi connectivity index (χ4v) is 2.74. The first kappa shape index (κ1) is 17.0. The van der Waals surface area contributed by atoms with Crippen molar-refractivity contribution in [1.82, 2.24) is 4.90 Å². The predicted octanol–water partition coefficient (Wildman–Crippen LogP) is 4.31. The highest BCUT2D eigenvalue weighted by Crippen LogP contribution is 2.17. The van der Waals surface area contributed by atoms with Gasteiger partial charge in [-0.1, -0.05) is 30.3 Å². The summed E-state index contributed by atoms with van der Waals surface area (Å²) < 4.78 is 5.74. The lowest BCUT2D eigenvalue weighted by Gasteiger charge is -2.25. The Balaban J connectivity index is 1.53. The average molecular weight is 337 g/mol. The molecule has 0 aliphatic carbocycles. The monoisotopic (exact) mass is 337 g/mol. The Morgan fingerprint density at radius 3 is 2.60 bits per heavy atom. The van der Waals surface area contributed by atoms with Crippen LogP contribution in [0.1, 0.15) is 24.8 Å². The van der Waals surface area contributed by atoms with E-state index in [1.54, 1.807) is 0 Å². The fourth-order valence-electron chi connectivity index (χ4n) is 2.74. The molecule has 1 aliphatic heterocycles. The van der Waals surface area contributed by atoms with Crippen LogP contribution in [0, 0.1) is 0 Å². The van der Waals surface area contributed by atoms with E-state index in [2.05, 4.69) is 10.3 Å². The second kappa shape index (κ2) is 8.33. The number of hydrogen-bond donors (Lipinski definition) is 1. The SMILES string of the molecule is CN1CCCCC1=NC(=O)Nc1ccc(OCc2ccccc2)cc1. The van der Waals surface area contributed by atoms with Gasteiger partial charge in [0.2, 0.25) is 0 Å². The molecule has 5 heteroatoms. The van der Waals surface area contributed by atoms with Gasteiger partial charge in [-0.15, -0.1) is 0 Å². The first-order valence-electron chi connectivity index (χ1n) is 8.57. The molecule has 0 bridgehead atoms. The molecule has 0 spiro atoms. The molecule has 0 unspecified atom stereocenters. The number of hydrogen-bond acceptors (Lipinski definition) is 2. The number of urea groups is 1. The van der Waals surface area contributed by atoms with E-state index in [0.29, 0.717) is 12.3 Å². The summed E-state index contributed by atoms with van der Waals surface area (Å²) in [6.45, 7) is 1.48. The molecule has 5 nitrogen and oxygen atoms in total. The summed E-state index contributed by atoms with van der Waals surface area (Å²) in [5.41, 5.74) is 1.83. The van der Waals surface area contributed by atoms with Crippen LogP contribution in [0.5, 0.6) is 5.75 Å². The van der Waals surface area contributed by atoms with E-state index < -0.39 is 0 Å². The number of nitrogens with zero attached hydrogens (tertiary/aromatic N) is 2. The van der Waals surface area contributed by atoms with Gasteiger partial charge in [0.25, 0.3) is 0 Å². The maximum Gasteiger partial charge on any atom is 0.347 e. The highest BCUT2D eigenvalue weighted by atomic mass is 16.5. The molecule has 1 heterocycles. The molecular formula is C20H23N3O2. The lowest BCUT2D eigenvalue weighted by atomic mass is 10.1. The average Bonchev–Trinajstić information content (AvgIpc) is 2.64. The standard InChI is InChI=1S/C20H23N3O2/c1-23-14-6-5-9-19(23)22-20(24)21-17-10-12-18(13-11-17)25-15-16-7-3-2-4-8-16/h2-4,7-8,10-13H,5-6,9,14-15H2,1H3,(H,21,24). The number of benzene rings is 2. The highest BCUT2D eigenvalue weighted by molar-refractivity contribution is 6.00. The fraction of sp³-hybridized carbons (Fsp3) is 0.300. The Bertz CT molecular complexity index is 726. The minimum absolute atomic E-state index is 0.332. The van der Waals surface area contributed by atoms with Crippen LogP contribution in [0.4, 0.5) is 10.5 Å². The quantitative estimate of drug-likeness (QED) is 0.904. The van der Waals surface area contributed by atoms with Crippen LogP contribution in [-0.4, -0.2) is 30.4 Å². The number of amidine groups is 1. The van der Waals surface area contributed by atoms with Crippen LogP contribution in [0.3, 0.4) is 0 Å². The molecule has 0 atom stereocenters. The Morgan fingerprint density at radius 2 is 1.88 bits per heavy atom. The Kier molecular flexibility index (Phi) is 5.67. The second-order valence-electron chi connectivity index (χ2n) is 6.14. The molecule has 3 rings (SSSR count). The number of carbonyl (C=O) groups is 1. The van der Waals surface area contributed by atoms with Crippen molar-refractivity contribution in [2.24, 2.45) is 4.99 Å². The normalized spacial score (nSPS) is 15.9. The topological polar surface area (TPSA) is 53.9 Å². The van der Waals surface area contributed by atoms with Crippen molar-refractivity contribution < 1.29 is 9.53 Å². The van der Waals surface area contributed by atoms with Crippen LogP contribution >= 0.6 is 0 Å². The third-order valence-corrected chi connectivity index (χ3v) is 4.17. The summed E-state index contributed by atoms with van der Waals surface area (Å²) in [5, 5.41) is 2.80. The van der Waals surface area contributed by atoms with E-state index in [4.69, 9.17) is 4.74 Å². The predicted molar refractivity (Wildman–Crippen MR) is 100 cm³/mol. The van der Waals surface area contributed by atoms with E-state index in [9.17, 15) is 4.79 Å². The number of ether oxygens (including phenoxy) is 1. The molecule has 0 saturated carbocycles. The molecule has 0 radical (unpaired) electrons. The maximum absolute atomic E-state index is 12.1. The van der Waals surface area contributed by atoms with Crippen LogP contribution in [0.15, 0.2) is 59.6 Å². The number of rotatable bonds is 4. The molecule has 2 aromatic carbocycles. The van der Waals surface area contributed by atoms with Gasteiger partial charge in [-0.3, -0.25) is 0 Å². The van der Waals surface area contributed by atoms with Gasteiger partial charge in [0, 0.05) is 25.7 Å². The van der Waals surface area contributed by atoms with E-state index in [1.165, 1.54) is 0 Å². The molecule has 1 N–H and O–H groups in total. The number of carbonyl (C=O) groups excluding carboxylic acids is 1. The Labute approximate surface area is 148 Å². The Morgan fingerprint density at radius 1 is 1.12 bits per heavy atom. The summed E-state index contributed by atoms with van der Waals surface area (Å²) >= 11 is 0. The van der Waals surface area contributed by atoms with Crippen molar-refractivity contribution in [2.45, 2.75) is 25.9 Å². The van der Waals surface area contributed by atoms with Gasteiger partial charge in [0.15, 0.2) is 0 Å². The van der Waals surface area contributed by atoms with Gasteiger partial charge in [0.05, 0.1) is 0 Å². The smallest absolute Gasteiger partial charge is 0.347 e. The van der Waals surface area contributed by atoms with Crippen molar-refractivity contribution in [3.8, 4) is 5.75 Å². The van der Waals surface area contributed by atoms with Crippen molar-refractivity contribution >= 4 is 17.6 Å². The maximum atomic E-state index is 12.1. The largest absolute Gasteiger partial charge is 0.489 e. The van der Waals surface area contributed by atoms with Crippen LogP contribution in [-0.2, 0) is 6.61 Å². The van der Waals surface area contributed by atoms with E-state index in [0.717, 1.165) is 43.0 Å². The van der Waals surface area contributed by atoms with E-state index in [-0.39, 0.29) is 6.03 Å². The zero-order valence-electron chi connectivity index (χ0n) is 14.4. The number of amides is 2. The summed E-state index contributed by atoms with van der Waals surface area (Å²) in [6.07, 6.45) is 3.10. The molecule has 1 fully saturated rings. The minimum Gasteiger partial charge on any atom is -0.489 e.